The van der Waals surface area contributed by atoms with Gasteiger partial charge in [-0.3, -0.25) is 0 Å². The van der Waals surface area contributed by atoms with Crippen molar-refractivity contribution in [1.29, 1.82) is 5.26 Å². The summed E-state index contributed by atoms with van der Waals surface area (Å²) in [7, 11) is 0. The predicted octanol–water partition coefficient (Wildman–Crippen LogP) is 19.3. The van der Waals surface area contributed by atoms with E-state index in [0.717, 1.165) is 127 Å². The summed E-state index contributed by atoms with van der Waals surface area (Å²) in [6.07, 6.45) is 0. The molecule has 0 amide bonds. The average Bonchev–Trinajstić information content (AvgIpc) is 4.30. The maximum Gasteiger partial charge on any atom is 0.166 e. The van der Waals surface area contributed by atoms with Gasteiger partial charge < -0.3 is 9.13 Å². The lowest BCUT2D eigenvalue weighted by Crippen LogP contribution is -2.04. The summed E-state index contributed by atoms with van der Waals surface area (Å²) in [6.45, 7) is 0. The van der Waals surface area contributed by atoms with Crippen LogP contribution in [-0.4, -0.2) is 24.1 Å². The van der Waals surface area contributed by atoms with Gasteiger partial charge in [-0.25, -0.2) is 15.0 Å². The Labute approximate surface area is 474 Å². The number of rotatable bonds is 10. The van der Waals surface area contributed by atoms with Crippen molar-refractivity contribution in [2.24, 2.45) is 0 Å². The number of hydrogen-bond acceptors (Lipinski definition) is 4. The molecule has 0 aliphatic rings. The van der Waals surface area contributed by atoms with Gasteiger partial charge in [-0.15, -0.1) is 0 Å². The summed E-state index contributed by atoms with van der Waals surface area (Å²) in [5, 5.41) is 15.8. The van der Waals surface area contributed by atoms with Crippen molar-refractivity contribution in [1.82, 2.24) is 24.1 Å². The average molecular weight is 1050 g/mol. The van der Waals surface area contributed by atoms with Crippen molar-refractivity contribution in [3.05, 3.63) is 297 Å². The van der Waals surface area contributed by atoms with Gasteiger partial charge in [0.05, 0.1) is 39.0 Å². The van der Waals surface area contributed by atoms with Gasteiger partial charge in [0.1, 0.15) is 6.07 Å². The molecule has 3 heterocycles. The second-order valence-electron chi connectivity index (χ2n) is 20.7. The van der Waals surface area contributed by atoms with Gasteiger partial charge in [-0.1, -0.05) is 218 Å². The van der Waals surface area contributed by atoms with Crippen molar-refractivity contribution in [3.8, 4) is 107 Å². The maximum absolute atomic E-state index is 11.3. The predicted molar refractivity (Wildman–Crippen MR) is 337 cm³/mol. The van der Waals surface area contributed by atoms with E-state index < -0.39 is 0 Å². The number of nitriles is 1. The molecule has 0 fully saturated rings. The summed E-state index contributed by atoms with van der Waals surface area (Å²) < 4.78 is 4.62. The minimum absolute atomic E-state index is 0.538. The van der Waals surface area contributed by atoms with Crippen molar-refractivity contribution in [3.63, 3.8) is 0 Å². The molecule has 0 unspecified atom stereocenters. The standard InChI is InChI=1S/C76H48N6/c77-49-62-43-56(32-38-68(62)81-69-39-33-57(50-19-7-1-8-20-50)44-64(69)65-45-58(34-40-70(65)81)51-21-9-2-10-22-51)61-31-37-63(76-79-74(54-27-15-5-16-28-54)78-75(80-76)55-29-17-6-18-30-55)73(48-61)82-71-41-35-59(52-23-11-3-12-24-52)46-66(71)67-47-60(36-42-72(67)82)53-25-13-4-14-26-53/h1-48H. The van der Waals surface area contributed by atoms with Crippen molar-refractivity contribution < 1.29 is 0 Å². The third kappa shape index (κ3) is 8.49. The molecule has 0 N–H and O–H groups in total. The molecule has 12 aromatic carbocycles. The number of hydrogen-bond donors (Lipinski definition) is 0. The lowest BCUT2D eigenvalue weighted by molar-refractivity contribution is 1.06. The minimum Gasteiger partial charge on any atom is -0.308 e. The Hall–Kier alpha value is -11.3. The third-order valence-corrected chi connectivity index (χ3v) is 15.8. The molecule has 15 aromatic rings. The van der Waals surface area contributed by atoms with E-state index in [1.807, 2.05) is 78.9 Å². The van der Waals surface area contributed by atoms with E-state index >= 15 is 0 Å². The molecule has 0 saturated carbocycles. The topological polar surface area (TPSA) is 72.3 Å². The number of aromatic nitrogens is 5. The molecule has 0 bridgehead atoms. The van der Waals surface area contributed by atoms with Crippen molar-refractivity contribution in [2.45, 2.75) is 0 Å². The Morgan fingerprint density at radius 3 is 0.902 bits per heavy atom. The first-order chi connectivity index (χ1) is 40.6. The Morgan fingerprint density at radius 2 is 0.537 bits per heavy atom. The first-order valence-corrected chi connectivity index (χ1v) is 27.5. The van der Waals surface area contributed by atoms with E-state index in [9.17, 15) is 5.26 Å². The van der Waals surface area contributed by atoms with Gasteiger partial charge >= 0.3 is 0 Å². The maximum atomic E-state index is 11.3. The van der Waals surface area contributed by atoms with Crippen LogP contribution in [0.1, 0.15) is 5.56 Å². The third-order valence-electron chi connectivity index (χ3n) is 15.8. The molecule has 6 heteroatoms. The van der Waals surface area contributed by atoms with E-state index in [1.54, 1.807) is 0 Å². The van der Waals surface area contributed by atoms with E-state index in [0.29, 0.717) is 23.0 Å². The molecule has 15 rings (SSSR count). The molecular formula is C76H48N6. The molecule has 0 atom stereocenters. The fourth-order valence-electron chi connectivity index (χ4n) is 11.8. The van der Waals surface area contributed by atoms with E-state index in [4.69, 9.17) is 15.0 Å². The number of nitrogens with zero attached hydrogens (tertiary/aromatic N) is 6. The second kappa shape index (κ2) is 20.2. The second-order valence-corrected chi connectivity index (χ2v) is 20.7. The van der Waals surface area contributed by atoms with Crippen LogP contribution in [0.5, 0.6) is 0 Å². The van der Waals surface area contributed by atoms with Crippen molar-refractivity contribution in [2.75, 3.05) is 0 Å². The zero-order valence-electron chi connectivity index (χ0n) is 44.4. The zero-order valence-corrected chi connectivity index (χ0v) is 44.4. The summed E-state index contributed by atoms with van der Waals surface area (Å²) in [5.41, 5.74) is 19.9. The highest BCUT2D eigenvalue weighted by Gasteiger charge is 2.23. The first kappa shape index (κ1) is 47.9. The van der Waals surface area contributed by atoms with Gasteiger partial charge in [-0.05, 0) is 128 Å². The Morgan fingerprint density at radius 1 is 0.244 bits per heavy atom. The largest absolute Gasteiger partial charge is 0.308 e. The van der Waals surface area contributed by atoms with E-state index in [2.05, 4.69) is 228 Å². The van der Waals surface area contributed by atoms with Gasteiger partial charge in [0.25, 0.3) is 0 Å². The summed E-state index contributed by atoms with van der Waals surface area (Å²) in [6, 6.07) is 105. The molecule has 0 radical (unpaired) electrons. The van der Waals surface area contributed by atoms with Gasteiger partial charge in [0, 0.05) is 38.2 Å². The highest BCUT2D eigenvalue weighted by Crippen LogP contribution is 2.43. The van der Waals surface area contributed by atoms with E-state index in [1.165, 1.54) is 0 Å². The first-order valence-electron chi connectivity index (χ1n) is 27.5. The Bertz CT molecular complexity index is 4700. The highest BCUT2D eigenvalue weighted by molar-refractivity contribution is 6.13. The Kier molecular flexibility index (Phi) is 11.8. The van der Waals surface area contributed by atoms with Crippen LogP contribution in [0.2, 0.25) is 0 Å². The van der Waals surface area contributed by atoms with Crippen LogP contribution < -0.4 is 0 Å². The SMILES string of the molecule is N#Cc1cc(-c2ccc(-c3nc(-c4ccccc4)nc(-c4ccccc4)n3)c(-n3c4ccc(-c5ccccc5)cc4c4cc(-c5ccccc5)ccc43)c2)ccc1-n1c2ccc(-c3ccccc3)cc2c2cc(-c3ccccc3)ccc21. The summed E-state index contributed by atoms with van der Waals surface area (Å²) in [4.78, 5) is 15.7. The molecule has 0 saturated heterocycles. The molecule has 3 aromatic heterocycles. The van der Waals surface area contributed by atoms with Crippen molar-refractivity contribution >= 4 is 43.6 Å². The molecule has 6 nitrogen and oxygen atoms in total. The molecule has 82 heavy (non-hydrogen) atoms. The van der Waals surface area contributed by atoms with Gasteiger partial charge in [0.15, 0.2) is 17.5 Å². The lowest BCUT2D eigenvalue weighted by Gasteiger charge is -2.17. The van der Waals surface area contributed by atoms with Gasteiger partial charge in [0.2, 0.25) is 0 Å². The van der Waals surface area contributed by atoms with Crippen LogP contribution in [0.4, 0.5) is 0 Å². The smallest absolute Gasteiger partial charge is 0.166 e. The molecule has 382 valence electrons. The summed E-state index contributed by atoms with van der Waals surface area (Å²) in [5.74, 6) is 1.69. The Balaban J connectivity index is 0.956. The fourth-order valence-corrected chi connectivity index (χ4v) is 11.8. The van der Waals surface area contributed by atoms with Crippen LogP contribution in [-0.2, 0) is 0 Å². The number of fused-ring (bicyclic) bond motifs is 6. The summed E-state index contributed by atoms with van der Waals surface area (Å²) >= 11 is 0. The number of benzene rings is 12. The van der Waals surface area contributed by atoms with Gasteiger partial charge in [-0.2, -0.15) is 5.26 Å². The van der Waals surface area contributed by atoms with E-state index in [-0.39, 0.29) is 0 Å². The quantitative estimate of drug-likeness (QED) is 0.137. The molecule has 0 aliphatic heterocycles. The van der Waals surface area contributed by atoms with Crippen LogP contribution in [0.15, 0.2) is 291 Å². The fraction of sp³-hybridized carbons (Fsp3) is 0. The molecule has 0 aliphatic carbocycles. The van der Waals surface area contributed by atoms with Crippen LogP contribution in [0.3, 0.4) is 0 Å². The lowest BCUT2D eigenvalue weighted by atomic mass is 9.98. The van der Waals surface area contributed by atoms with Crippen LogP contribution in [0.25, 0.3) is 145 Å². The monoisotopic (exact) mass is 1040 g/mol. The minimum atomic E-state index is 0.538. The highest BCUT2D eigenvalue weighted by atomic mass is 15.1. The normalized spacial score (nSPS) is 11.4. The zero-order chi connectivity index (χ0) is 54.5. The van der Waals surface area contributed by atoms with Crippen LogP contribution >= 0.6 is 0 Å². The van der Waals surface area contributed by atoms with Crippen LogP contribution in [0, 0.1) is 11.3 Å². The molecular weight excluding hydrogens is 997 g/mol. The molecule has 0 spiro atoms.